The summed E-state index contributed by atoms with van der Waals surface area (Å²) in [4.78, 5) is 39.7. The monoisotopic (exact) mass is 637 g/mol. The highest BCUT2D eigenvalue weighted by Gasteiger charge is 2.34. The van der Waals surface area contributed by atoms with Gasteiger partial charge in [0.15, 0.2) is 0 Å². The lowest BCUT2D eigenvalue weighted by Crippen LogP contribution is -2.30. The van der Waals surface area contributed by atoms with Crippen molar-refractivity contribution in [2.45, 2.75) is 30.2 Å². The number of hydrogen-bond acceptors (Lipinski definition) is 4. The number of anilines is 2. The second kappa shape index (κ2) is 14.3. The lowest BCUT2D eigenvalue weighted by Gasteiger charge is -2.17. The Balaban J connectivity index is 1.49. The van der Waals surface area contributed by atoms with E-state index in [0.29, 0.717) is 16.1 Å². The van der Waals surface area contributed by atoms with Crippen molar-refractivity contribution in [1.29, 1.82) is 0 Å². The average Bonchev–Trinajstić information content (AvgIpc) is 2.98. The summed E-state index contributed by atoms with van der Waals surface area (Å²) in [5, 5.41) is 6.91. The first-order valence-electron chi connectivity index (χ1n) is 13.3. The van der Waals surface area contributed by atoms with Crippen LogP contribution in [0.5, 0.6) is 0 Å². The van der Waals surface area contributed by atoms with Crippen LogP contribution in [0, 0.1) is 6.92 Å². The predicted octanol–water partition coefficient (Wildman–Crippen LogP) is 8.20. The Morgan fingerprint density at radius 2 is 1.57 bits per heavy atom. The number of benzene rings is 4. The van der Waals surface area contributed by atoms with Crippen molar-refractivity contribution in [2.75, 3.05) is 10.6 Å². The highest BCUT2D eigenvalue weighted by molar-refractivity contribution is 8.00. The van der Waals surface area contributed by atoms with Crippen LogP contribution in [0.4, 0.5) is 24.5 Å². The van der Waals surface area contributed by atoms with Gasteiger partial charge in [-0.05, 0) is 79.6 Å². The minimum Gasteiger partial charge on any atom is -0.325 e. The fraction of sp³-hybridized carbons (Fsp3) is 0.121. The van der Waals surface area contributed by atoms with Gasteiger partial charge in [0.1, 0.15) is 5.70 Å². The number of hydrogen-bond donors (Lipinski definition) is 3. The van der Waals surface area contributed by atoms with E-state index in [2.05, 4.69) is 16.0 Å². The minimum atomic E-state index is -4.70. The number of thioether (sulfide) groups is 1. The molecule has 6 nitrogen and oxygen atoms in total. The smallest absolute Gasteiger partial charge is 0.325 e. The van der Waals surface area contributed by atoms with Crippen molar-refractivity contribution < 1.29 is 27.6 Å². The van der Waals surface area contributed by atoms with E-state index in [0.717, 1.165) is 35.0 Å². The number of nitrogens with one attached hydrogen (secondary N) is 3. The standard InChI is InChI=1S/C33H27ClF3N3O3S/c1-20-9-6-7-12-23(20)17-29(40-31(42)22-10-4-3-5-11-22)32(43)38-25-13-8-14-26(19-25)44-21(2)30(41)39-28-16-15-24(34)18-27(28)33(35,36)37/h3-19,21H,1-2H3,(H,38,43)(H,39,41)(H,40,42)/b29-17-. The highest BCUT2D eigenvalue weighted by Crippen LogP contribution is 2.37. The van der Waals surface area contributed by atoms with Gasteiger partial charge in [0, 0.05) is 21.2 Å². The van der Waals surface area contributed by atoms with Gasteiger partial charge >= 0.3 is 6.18 Å². The van der Waals surface area contributed by atoms with Crippen LogP contribution >= 0.6 is 23.4 Å². The number of carbonyl (C=O) groups is 3. The molecule has 0 spiro atoms. The first-order valence-corrected chi connectivity index (χ1v) is 14.6. The summed E-state index contributed by atoms with van der Waals surface area (Å²) < 4.78 is 40.4. The van der Waals surface area contributed by atoms with Gasteiger partial charge < -0.3 is 16.0 Å². The van der Waals surface area contributed by atoms with Crippen LogP contribution in [0.3, 0.4) is 0 Å². The Morgan fingerprint density at radius 1 is 0.864 bits per heavy atom. The van der Waals surface area contributed by atoms with E-state index < -0.39 is 40.4 Å². The molecule has 1 atom stereocenters. The first-order chi connectivity index (χ1) is 20.9. The van der Waals surface area contributed by atoms with E-state index in [1.807, 2.05) is 31.2 Å². The molecule has 0 aliphatic heterocycles. The van der Waals surface area contributed by atoms with Crippen LogP contribution in [-0.2, 0) is 15.8 Å². The Hall–Kier alpha value is -4.54. The molecule has 0 radical (unpaired) electrons. The quantitative estimate of drug-likeness (QED) is 0.128. The van der Waals surface area contributed by atoms with Crippen LogP contribution in [-0.4, -0.2) is 23.0 Å². The van der Waals surface area contributed by atoms with Crippen molar-refractivity contribution in [1.82, 2.24) is 5.32 Å². The maximum atomic E-state index is 13.5. The third-order valence-corrected chi connectivity index (χ3v) is 7.66. The third-order valence-electron chi connectivity index (χ3n) is 6.34. The molecule has 0 bridgehead atoms. The summed E-state index contributed by atoms with van der Waals surface area (Å²) >= 11 is 6.82. The van der Waals surface area contributed by atoms with Crippen molar-refractivity contribution in [2.24, 2.45) is 0 Å². The third kappa shape index (κ3) is 8.75. The molecular formula is C33H27ClF3N3O3S. The number of halogens is 4. The van der Waals surface area contributed by atoms with Crippen LogP contribution in [0.15, 0.2) is 108 Å². The van der Waals surface area contributed by atoms with E-state index in [-0.39, 0.29) is 10.7 Å². The number of amides is 3. The molecular weight excluding hydrogens is 611 g/mol. The van der Waals surface area contributed by atoms with Crippen molar-refractivity contribution in [3.05, 3.63) is 130 Å². The lowest BCUT2D eigenvalue weighted by atomic mass is 10.1. The number of aryl methyl sites for hydroxylation is 1. The molecule has 4 rings (SSSR count). The summed E-state index contributed by atoms with van der Waals surface area (Å²) in [7, 11) is 0. The van der Waals surface area contributed by atoms with E-state index >= 15 is 0 Å². The fourth-order valence-corrected chi connectivity index (χ4v) is 5.14. The summed E-state index contributed by atoms with van der Waals surface area (Å²) in [6, 6.07) is 25.6. The summed E-state index contributed by atoms with van der Waals surface area (Å²) in [5.41, 5.74) is 0.974. The van der Waals surface area contributed by atoms with Gasteiger partial charge in [0.2, 0.25) is 5.91 Å². The molecule has 0 aliphatic rings. The van der Waals surface area contributed by atoms with Gasteiger partial charge in [-0.1, -0.05) is 60.1 Å². The molecule has 3 amide bonds. The molecule has 4 aromatic rings. The largest absolute Gasteiger partial charge is 0.418 e. The topological polar surface area (TPSA) is 87.3 Å². The van der Waals surface area contributed by atoms with E-state index in [1.54, 1.807) is 67.6 Å². The van der Waals surface area contributed by atoms with E-state index in [4.69, 9.17) is 11.6 Å². The summed E-state index contributed by atoms with van der Waals surface area (Å²) in [6.45, 7) is 3.44. The molecule has 0 saturated heterocycles. The second-order valence-electron chi connectivity index (χ2n) is 9.65. The van der Waals surface area contributed by atoms with Gasteiger partial charge in [0.05, 0.1) is 16.5 Å². The average molecular weight is 638 g/mol. The maximum absolute atomic E-state index is 13.5. The summed E-state index contributed by atoms with van der Waals surface area (Å²) in [6.07, 6.45) is -3.12. The molecule has 0 aromatic heterocycles. The number of carbonyl (C=O) groups excluding carboxylic acids is 3. The molecule has 1 unspecified atom stereocenters. The molecule has 3 N–H and O–H groups in total. The molecule has 0 aliphatic carbocycles. The predicted molar refractivity (Wildman–Crippen MR) is 169 cm³/mol. The molecule has 226 valence electrons. The zero-order chi connectivity index (χ0) is 31.9. The van der Waals surface area contributed by atoms with E-state index in [1.165, 1.54) is 6.07 Å². The summed E-state index contributed by atoms with van der Waals surface area (Å²) in [5.74, 6) is -1.68. The molecule has 0 heterocycles. The van der Waals surface area contributed by atoms with Gasteiger partial charge in [-0.15, -0.1) is 11.8 Å². The second-order valence-corrected chi connectivity index (χ2v) is 11.5. The zero-order valence-electron chi connectivity index (χ0n) is 23.5. The molecule has 44 heavy (non-hydrogen) atoms. The van der Waals surface area contributed by atoms with Crippen LogP contribution < -0.4 is 16.0 Å². The van der Waals surface area contributed by atoms with Crippen molar-refractivity contribution >= 4 is 58.5 Å². The van der Waals surface area contributed by atoms with Crippen LogP contribution in [0.25, 0.3) is 6.08 Å². The van der Waals surface area contributed by atoms with Crippen molar-refractivity contribution in [3.8, 4) is 0 Å². The maximum Gasteiger partial charge on any atom is 0.418 e. The normalized spacial score (nSPS) is 12.3. The van der Waals surface area contributed by atoms with Gasteiger partial charge in [-0.25, -0.2) is 0 Å². The lowest BCUT2D eigenvalue weighted by molar-refractivity contribution is -0.137. The van der Waals surface area contributed by atoms with Gasteiger partial charge in [-0.3, -0.25) is 14.4 Å². The SMILES string of the molecule is Cc1ccccc1/C=C(\NC(=O)c1ccccc1)C(=O)Nc1cccc(SC(C)C(=O)Nc2ccc(Cl)cc2C(F)(F)F)c1. The number of rotatable bonds is 9. The Kier molecular flexibility index (Phi) is 10.5. The highest BCUT2D eigenvalue weighted by atomic mass is 35.5. The fourth-order valence-electron chi connectivity index (χ4n) is 4.04. The van der Waals surface area contributed by atoms with Gasteiger partial charge in [0.25, 0.3) is 11.8 Å². The Bertz CT molecular complexity index is 1710. The molecule has 4 aromatic carbocycles. The number of alkyl halides is 3. The van der Waals surface area contributed by atoms with Crippen LogP contribution in [0.2, 0.25) is 5.02 Å². The van der Waals surface area contributed by atoms with Gasteiger partial charge in [-0.2, -0.15) is 13.2 Å². The molecule has 0 fully saturated rings. The Morgan fingerprint density at radius 3 is 2.27 bits per heavy atom. The molecule has 11 heteroatoms. The van der Waals surface area contributed by atoms with E-state index in [9.17, 15) is 27.6 Å². The molecule has 0 saturated carbocycles. The van der Waals surface area contributed by atoms with Crippen molar-refractivity contribution in [3.63, 3.8) is 0 Å². The first kappa shape index (κ1) is 32.4. The Labute approximate surface area is 261 Å². The zero-order valence-corrected chi connectivity index (χ0v) is 25.1. The minimum absolute atomic E-state index is 0.0161. The van der Waals surface area contributed by atoms with Crippen LogP contribution in [0.1, 0.15) is 34.0 Å².